The summed E-state index contributed by atoms with van der Waals surface area (Å²) >= 11 is 0. The molecule has 4 N–H and O–H groups in total. The number of ether oxygens (including phenoxy) is 1. The standard InChI is InChI=1S/C10H13FN2O6/c1-4-6(15)7(16)10(11,18)8(19-4)13-3-2-5(14)12-9(13)17/h2-4,6-8,15-16,18H,1H3,(H,12,14,17)/t4?,6-,7-,8-,10+/m0/s1. The molecule has 2 heterocycles. The first-order chi connectivity index (χ1) is 8.75. The predicted molar refractivity (Wildman–Crippen MR) is 59.0 cm³/mol. The summed E-state index contributed by atoms with van der Waals surface area (Å²) in [5, 5.41) is 28.5. The average Bonchev–Trinajstić information content (AvgIpc) is 2.33. The maximum atomic E-state index is 14.1. The Kier molecular flexibility index (Phi) is 3.31. The monoisotopic (exact) mass is 276 g/mol. The molecule has 0 bridgehead atoms. The molecule has 0 aliphatic carbocycles. The van der Waals surface area contributed by atoms with Gasteiger partial charge in [0.05, 0.1) is 6.10 Å². The third-order valence-corrected chi connectivity index (χ3v) is 3.01. The van der Waals surface area contributed by atoms with Crippen LogP contribution in [0.15, 0.2) is 21.9 Å². The number of aliphatic hydroxyl groups excluding tert-OH is 2. The molecule has 1 aliphatic rings. The van der Waals surface area contributed by atoms with Crippen molar-refractivity contribution in [3.63, 3.8) is 0 Å². The number of hydrogen-bond donors (Lipinski definition) is 4. The molecule has 5 atom stereocenters. The minimum absolute atomic E-state index is 0.590. The molecule has 0 saturated carbocycles. The summed E-state index contributed by atoms with van der Waals surface area (Å²) in [6.07, 6.45) is -5.78. The predicted octanol–water partition coefficient (Wildman–Crippen LogP) is -2.17. The Morgan fingerprint density at radius 1 is 1.47 bits per heavy atom. The van der Waals surface area contributed by atoms with Gasteiger partial charge in [-0.3, -0.25) is 14.3 Å². The van der Waals surface area contributed by atoms with E-state index in [2.05, 4.69) is 0 Å². The Morgan fingerprint density at radius 2 is 2.11 bits per heavy atom. The van der Waals surface area contributed by atoms with Crippen LogP contribution in [-0.4, -0.2) is 49.0 Å². The van der Waals surface area contributed by atoms with Crippen LogP contribution in [0.2, 0.25) is 0 Å². The molecule has 1 unspecified atom stereocenters. The number of aromatic nitrogens is 2. The molecule has 1 aliphatic heterocycles. The summed E-state index contributed by atoms with van der Waals surface area (Å²) in [6.45, 7) is 1.34. The topological polar surface area (TPSA) is 125 Å². The molecule has 1 aromatic heterocycles. The number of aromatic amines is 1. The minimum atomic E-state index is -3.38. The fraction of sp³-hybridized carbons (Fsp3) is 0.600. The van der Waals surface area contributed by atoms with Crippen molar-refractivity contribution in [1.82, 2.24) is 9.55 Å². The second kappa shape index (κ2) is 4.53. The number of nitrogens with zero attached hydrogens (tertiary/aromatic N) is 1. The van der Waals surface area contributed by atoms with Crippen LogP contribution < -0.4 is 11.2 Å². The van der Waals surface area contributed by atoms with Gasteiger partial charge >= 0.3 is 5.69 Å². The number of halogens is 1. The molecule has 8 nitrogen and oxygen atoms in total. The number of H-pyrrole nitrogens is 1. The van der Waals surface area contributed by atoms with Crippen molar-refractivity contribution >= 4 is 0 Å². The zero-order valence-corrected chi connectivity index (χ0v) is 9.86. The number of hydrogen-bond acceptors (Lipinski definition) is 6. The van der Waals surface area contributed by atoms with Crippen molar-refractivity contribution in [3.05, 3.63) is 33.1 Å². The van der Waals surface area contributed by atoms with Gasteiger partial charge in [0, 0.05) is 12.3 Å². The summed E-state index contributed by atoms with van der Waals surface area (Å²) < 4.78 is 19.7. The van der Waals surface area contributed by atoms with E-state index in [-0.39, 0.29) is 0 Å². The number of nitrogens with one attached hydrogen (secondary N) is 1. The molecule has 2 rings (SSSR count). The second-order valence-electron chi connectivity index (χ2n) is 4.37. The average molecular weight is 276 g/mol. The number of aliphatic hydroxyl groups is 3. The van der Waals surface area contributed by atoms with Gasteiger partial charge in [0.15, 0.2) is 6.23 Å². The normalized spacial score (nSPS) is 39.2. The van der Waals surface area contributed by atoms with Gasteiger partial charge in [-0.2, -0.15) is 0 Å². The van der Waals surface area contributed by atoms with E-state index in [0.29, 0.717) is 4.57 Å². The molecular weight excluding hydrogens is 263 g/mol. The Balaban J connectivity index is 2.48. The van der Waals surface area contributed by atoms with E-state index in [0.717, 1.165) is 12.3 Å². The fourth-order valence-electron chi connectivity index (χ4n) is 1.89. The second-order valence-corrected chi connectivity index (χ2v) is 4.37. The Bertz CT molecular complexity index is 582. The molecule has 0 amide bonds. The van der Waals surface area contributed by atoms with Gasteiger partial charge < -0.3 is 20.1 Å². The maximum absolute atomic E-state index is 14.1. The number of rotatable bonds is 1. The first kappa shape index (κ1) is 13.9. The van der Waals surface area contributed by atoms with Crippen LogP contribution in [0.25, 0.3) is 0 Å². The zero-order valence-electron chi connectivity index (χ0n) is 9.86. The van der Waals surface area contributed by atoms with Gasteiger partial charge in [-0.1, -0.05) is 0 Å². The Hall–Kier alpha value is -1.55. The van der Waals surface area contributed by atoms with Crippen LogP contribution in [0.5, 0.6) is 0 Å². The van der Waals surface area contributed by atoms with E-state index in [4.69, 9.17) is 4.74 Å². The summed E-state index contributed by atoms with van der Waals surface area (Å²) in [4.78, 5) is 24.3. The molecule has 1 fully saturated rings. The van der Waals surface area contributed by atoms with Gasteiger partial charge in [-0.25, -0.2) is 9.18 Å². The molecule has 9 heteroatoms. The SMILES string of the molecule is CC1O[C@H](n2ccc(=O)[nH]c2=O)[C@@](O)(F)[C@@H](O)[C@H]1O. The lowest BCUT2D eigenvalue weighted by Gasteiger charge is -2.43. The van der Waals surface area contributed by atoms with Crippen molar-refractivity contribution in [3.8, 4) is 0 Å². The van der Waals surface area contributed by atoms with Crippen molar-refractivity contribution in [1.29, 1.82) is 0 Å². The van der Waals surface area contributed by atoms with Crippen LogP contribution in [0.1, 0.15) is 13.2 Å². The van der Waals surface area contributed by atoms with Crippen LogP contribution >= 0.6 is 0 Å². The van der Waals surface area contributed by atoms with E-state index in [1.54, 1.807) is 0 Å². The maximum Gasteiger partial charge on any atom is 0.330 e. The van der Waals surface area contributed by atoms with Crippen LogP contribution in [-0.2, 0) is 4.74 Å². The van der Waals surface area contributed by atoms with Crippen molar-refractivity contribution < 1.29 is 24.4 Å². The molecule has 1 saturated heterocycles. The fourth-order valence-corrected chi connectivity index (χ4v) is 1.89. The van der Waals surface area contributed by atoms with Gasteiger partial charge in [0.1, 0.15) is 12.2 Å². The van der Waals surface area contributed by atoms with E-state index < -0.39 is 41.6 Å². The zero-order chi connectivity index (χ0) is 14.4. The summed E-state index contributed by atoms with van der Waals surface area (Å²) in [6, 6.07) is 0.933. The first-order valence-corrected chi connectivity index (χ1v) is 5.49. The highest BCUT2D eigenvalue weighted by molar-refractivity contribution is 4.97. The molecule has 0 radical (unpaired) electrons. The molecule has 0 spiro atoms. The lowest BCUT2D eigenvalue weighted by molar-refractivity contribution is -0.337. The lowest BCUT2D eigenvalue weighted by Crippen LogP contribution is -2.62. The Morgan fingerprint density at radius 3 is 2.68 bits per heavy atom. The summed E-state index contributed by atoms with van der Waals surface area (Å²) in [5.41, 5.74) is -1.71. The third kappa shape index (κ3) is 2.21. The van der Waals surface area contributed by atoms with Gasteiger partial charge in [0.2, 0.25) is 0 Å². The quantitative estimate of drug-likeness (QED) is 0.463. The van der Waals surface area contributed by atoms with Crippen LogP contribution in [0, 0.1) is 0 Å². The number of alkyl halides is 1. The third-order valence-electron chi connectivity index (χ3n) is 3.01. The van der Waals surface area contributed by atoms with Gasteiger partial charge in [-0.15, -0.1) is 0 Å². The minimum Gasteiger partial charge on any atom is -0.387 e. The van der Waals surface area contributed by atoms with Crippen molar-refractivity contribution in [2.45, 2.75) is 37.3 Å². The van der Waals surface area contributed by atoms with Crippen molar-refractivity contribution in [2.75, 3.05) is 0 Å². The molecule has 1 aromatic rings. The molecule has 106 valence electrons. The first-order valence-electron chi connectivity index (χ1n) is 5.49. The molecular formula is C10H13FN2O6. The molecule has 0 aromatic carbocycles. The van der Waals surface area contributed by atoms with E-state index >= 15 is 0 Å². The van der Waals surface area contributed by atoms with Gasteiger partial charge in [0.25, 0.3) is 11.4 Å². The van der Waals surface area contributed by atoms with E-state index in [1.165, 1.54) is 6.92 Å². The Labute approximate surface area is 105 Å². The highest BCUT2D eigenvalue weighted by Gasteiger charge is 2.55. The molecule has 19 heavy (non-hydrogen) atoms. The lowest BCUT2D eigenvalue weighted by atomic mass is 9.97. The van der Waals surface area contributed by atoms with E-state index in [1.807, 2.05) is 4.98 Å². The van der Waals surface area contributed by atoms with Crippen molar-refractivity contribution in [2.24, 2.45) is 0 Å². The van der Waals surface area contributed by atoms with Crippen LogP contribution in [0.3, 0.4) is 0 Å². The smallest absolute Gasteiger partial charge is 0.330 e. The van der Waals surface area contributed by atoms with E-state index in [9.17, 15) is 29.3 Å². The summed E-state index contributed by atoms with van der Waals surface area (Å²) in [7, 11) is 0. The van der Waals surface area contributed by atoms with Gasteiger partial charge in [-0.05, 0) is 6.92 Å². The highest BCUT2D eigenvalue weighted by Crippen LogP contribution is 2.36. The summed E-state index contributed by atoms with van der Waals surface area (Å²) in [5.74, 6) is -3.38. The highest BCUT2D eigenvalue weighted by atomic mass is 19.2. The largest absolute Gasteiger partial charge is 0.387 e. The van der Waals surface area contributed by atoms with Crippen LogP contribution in [0.4, 0.5) is 4.39 Å².